The normalized spacial score (nSPS) is 10.9. The number of benzene rings is 1. The van der Waals surface area contributed by atoms with Crippen LogP contribution in [-0.2, 0) is 6.42 Å². The van der Waals surface area contributed by atoms with Gasteiger partial charge in [-0.05, 0) is 11.6 Å². The largest absolute Gasteiger partial charge is 0.286 e. The summed E-state index contributed by atoms with van der Waals surface area (Å²) < 4.78 is 15.3. The zero-order chi connectivity index (χ0) is 11.7. The van der Waals surface area contributed by atoms with Gasteiger partial charge in [-0.25, -0.2) is 4.39 Å². The molecule has 17 heavy (non-hydrogen) atoms. The third kappa shape index (κ3) is 1.75. The molecule has 0 saturated carbocycles. The van der Waals surface area contributed by atoms with Crippen LogP contribution >= 0.6 is 0 Å². The summed E-state index contributed by atoms with van der Waals surface area (Å²) in [6, 6.07) is 6.67. The highest BCUT2D eigenvalue weighted by molar-refractivity contribution is 5.44. The van der Waals surface area contributed by atoms with Crippen LogP contribution in [0.15, 0.2) is 43.0 Å². The molecule has 3 rings (SSSR count). The molecule has 4 nitrogen and oxygen atoms in total. The highest BCUT2D eigenvalue weighted by Crippen LogP contribution is 2.13. The van der Waals surface area contributed by atoms with Crippen molar-refractivity contribution in [2.45, 2.75) is 6.42 Å². The first-order chi connectivity index (χ1) is 8.34. The summed E-state index contributed by atoms with van der Waals surface area (Å²) in [6.07, 6.45) is 5.43. The lowest BCUT2D eigenvalue weighted by atomic mass is 10.1. The van der Waals surface area contributed by atoms with E-state index in [4.69, 9.17) is 0 Å². The van der Waals surface area contributed by atoms with Crippen LogP contribution in [0.5, 0.6) is 0 Å². The van der Waals surface area contributed by atoms with Gasteiger partial charge in [0.1, 0.15) is 12.1 Å². The Morgan fingerprint density at radius 2 is 2.12 bits per heavy atom. The Morgan fingerprint density at radius 1 is 1.24 bits per heavy atom. The van der Waals surface area contributed by atoms with E-state index in [-0.39, 0.29) is 5.82 Å². The van der Waals surface area contributed by atoms with Gasteiger partial charge in [-0.3, -0.25) is 9.38 Å². The molecule has 84 valence electrons. The molecule has 0 aliphatic heterocycles. The zero-order valence-electron chi connectivity index (χ0n) is 8.92. The number of nitrogens with zero attached hydrogens (tertiary/aromatic N) is 4. The Bertz CT molecular complexity index is 662. The van der Waals surface area contributed by atoms with Gasteiger partial charge < -0.3 is 0 Å². The minimum absolute atomic E-state index is 0.226. The van der Waals surface area contributed by atoms with Crippen molar-refractivity contribution < 1.29 is 4.39 Å². The van der Waals surface area contributed by atoms with Crippen LogP contribution in [0.25, 0.3) is 5.65 Å². The Hall–Kier alpha value is -2.30. The first kappa shape index (κ1) is 9.89. The van der Waals surface area contributed by atoms with Crippen molar-refractivity contribution in [2.24, 2.45) is 0 Å². The molecule has 5 heteroatoms. The topological polar surface area (TPSA) is 43.1 Å². The van der Waals surface area contributed by atoms with Gasteiger partial charge in [-0.15, -0.1) is 10.2 Å². The fourth-order valence-corrected chi connectivity index (χ4v) is 1.76. The van der Waals surface area contributed by atoms with Crippen molar-refractivity contribution in [3.05, 3.63) is 60.1 Å². The summed E-state index contributed by atoms with van der Waals surface area (Å²) in [5.74, 6) is -0.226. The van der Waals surface area contributed by atoms with Crippen molar-refractivity contribution >= 4 is 5.65 Å². The Labute approximate surface area is 96.8 Å². The van der Waals surface area contributed by atoms with Gasteiger partial charge in [-0.2, -0.15) is 0 Å². The molecule has 3 aromatic rings. The number of aromatic nitrogens is 4. The maximum Gasteiger partial charge on any atom is 0.182 e. The van der Waals surface area contributed by atoms with Crippen molar-refractivity contribution in [2.75, 3.05) is 0 Å². The molecule has 0 unspecified atom stereocenters. The van der Waals surface area contributed by atoms with Crippen molar-refractivity contribution in [3.63, 3.8) is 0 Å². The van der Waals surface area contributed by atoms with Crippen LogP contribution in [0.3, 0.4) is 0 Å². The molecule has 2 aromatic heterocycles. The number of hydrogen-bond acceptors (Lipinski definition) is 3. The van der Waals surface area contributed by atoms with Gasteiger partial charge in [0.25, 0.3) is 0 Å². The molecule has 0 radical (unpaired) electrons. The molecule has 0 bridgehead atoms. The molecule has 0 fully saturated rings. The van der Waals surface area contributed by atoms with E-state index in [1.54, 1.807) is 35.3 Å². The summed E-state index contributed by atoms with van der Waals surface area (Å²) in [5.41, 5.74) is 1.99. The lowest BCUT2D eigenvalue weighted by Gasteiger charge is -2.03. The second kappa shape index (κ2) is 3.93. The van der Waals surface area contributed by atoms with Gasteiger partial charge in [0.15, 0.2) is 5.65 Å². The van der Waals surface area contributed by atoms with Crippen LogP contribution in [-0.4, -0.2) is 19.6 Å². The zero-order valence-corrected chi connectivity index (χ0v) is 8.92. The molecule has 0 amide bonds. The predicted octanol–water partition coefficient (Wildman–Crippen LogP) is 1.85. The lowest BCUT2D eigenvalue weighted by molar-refractivity contribution is 0.613. The average molecular weight is 228 g/mol. The SMILES string of the molecule is Fc1ccccc1Cc1nccn2cnnc12. The molecule has 0 N–H and O–H groups in total. The van der Waals surface area contributed by atoms with E-state index < -0.39 is 0 Å². The third-order valence-corrected chi connectivity index (χ3v) is 2.60. The van der Waals surface area contributed by atoms with Crippen molar-refractivity contribution in [1.82, 2.24) is 19.6 Å². The fourth-order valence-electron chi connectivity index (χ4n) is 1.76. The summed E-state index contributed by atoms with van der Waals surface area (Å²) in [4.78, 5) is 4.23. The molecule has 0 spiro atoms. The number of fused-ring (bicyclic) bond motifs is 1. The third-order valence-electron chi connectivity index (χ3n) is 2.60. The van der Waals surface area contributed by atoms with E-state index in [1.165, 1.54) is 6.07 Å². The van der Waals surface area contributed by atoms with Crippen LogP contribution in [0, 0.1) is 5.82 Å². The van der Waals surface area contributed by atoms with Crippen LogP contribution in [0.2, 0.25) is 0 Å². The lowest BCUT2D eigenvalue weighted by Crippen LogP contribution is -1.99. The summed E-state index contributed by atoms with van der Waals surface area (Å²) in [6.45, 7) is 0. The number of halogens is 1. The summed E-state index contributed by atoms with van der Waals surface area (Å²) >= 11 is 0. The average Bonchev–Trinajstić information content (AvgIpc) is 2.81. The van der Waals surface area contributed by atoms with E-state index in [9.17, 15) is 4.39 Å². The molecule has 0 atom stereocenters. The minimum atomic E-state index is -0.226. The van der Waals surface area contributed by atoms with Gasteiger partial charge in [0, 0.05) is 18.8 Å². The quantitative estimate of drug-likeness (QED) is 0.672. The van der Waals surface area contributed by atoms with Crippen molar-refractivity contribution in [1.29, 1.82) is 0 Å². The minimum Gasteiger partial charge on any atom is -0.286 e. The Balaban J connectivity index is 2.06. The molecule has 0 aliphatic rings. The molecule has 1 aromatic carbocycles. The highest BCUT2D eigenvalue weighted by atomic mass is 19.1. The maximum absolute atomic E-state index is 13.5. The van der Waals surface area contributed by atoms with Gasteiger partial charge in [0.2, 0.25) is 0 Å². The standard InChI is InChI=1S/C12H9FN4/c13-10-4-2-1-3-9(10)7-11-12-16-15-8-17(12)6-5-14-11/h1-6,8H,7H2. The number of rotatable bonds is 2. The molecular weight excluding hydrogens is 219 g/mol. The Kier molecular flexibility index (Phi) is 2.29. The Morgan fingerprint density at radius 3 is 3.00 bits per heavy atom. The first-order valence-corrected chi connectivity index (χ1v) is 5.21. The van der Waals surface area contributed by atoms with E-state index in [2.05, 4.69) is 15.2 Å². The summed E-state index contributed by atoms with van der Waals surface area (Å²) in [7, 11) is 0. The molecular formula is C12H9FN4. The van der Waals surface area contributed by atoms with E-state index in [0.717, 1.165) is 5.69 Å². The van der Waals surface area contributed by atoms with Crippen LogP contribution < -0.4 is 0 Å². The predicted molar refractivity (Wildman–Crippen MR) is 60.0 cm³/mol. The van der Waals surface area contributed by atoms with Crippen LogP contribution in [0.1, 0.15) is 11.3 Å². The van der Waals surface area contributed by atoms with Crippen LogP contribution in [0.4, 0.5) is 4.39 Å². The summed E-state index contributed by atoms with van der Waals surface area (Å²) in [5, 5.41) is 7.78. The first-order valence-electron chi connectivity index (χ1n) is 5.21. The monoisotopic (exact) mass is 228 g/mol. The fraction of sp³-hybridized carbons (Fsp3) is 0.0833. The van der Waals surface area contributed by atoms with E-state index in [1.807, 2.05) is 6.07 Å². The second-order valence-corrected chi connectivity index (χ2v) is 3.70. The number of hydrogen-bond donors (Lipinski definition) is 0. The maximum atomic E-state index is 13.5. The van der Waals surface area contributed by atoms with Crippen molar-refractivity contribution in [3.8, 4) is 0 Å². The molecule has 0 saturated heterocycles. The van der Waals surface area contributed by atoms with E-state index in [0.29, 0.717) is 17.6 Å². The second-order valence-electron chi connectivity index (χ2n) is 3.70. The van der Waals surface area contributed by atoms with E-state index >= 15 is 0 Å². The van der Waals surface area contributed by atoms with Gasteiger partial charge in [0.05, 0.1) is 5.69 Å². The smallest absolute Gasteiger partial charge is 0.182 e. The highest BCUT2D eigenvalue weighted by Gasteiger charge is 2.08. The van der Waals surface area contributed by atoms with Gasteiger partial charge in [-0.1, -0.05) is 18.2 Å². The molecule has 0 aliphatic carbocycles. The van der Waals surface area contributed by atoms with Gasteiger partial charge >= 0.3 is 0 Å². The molecule has 2 heterocycles.